The summed E-state index contributed by atoms with van der Waals surface area (Å²) in [4.78, 5) is 22.9. The third-order valence-corrected chi connectivity index (χ3v) is 2.06. The molecule has 0 spiro atoms. The molecule has 0 aliphatic heterocycles. The first-order chi connectivity index (χ1) is 7.54. The van der Waals surface area contributed by atoms with Crippen molar-refractivity contribution in [3.63, 3.8) is 0 Å². The third kappa shape index (κ3) is 3.08. The van der Waals surface area contributed by atoms with Gasteiger partial charge in [-0.2, -0.15) is 0 Å². The summed E-state index contributed by atoms with van der Waals surface area (Å²) in [5, 5.41) is 5.30. The summed E-state index contributed by atoms with van der Waals surface area (Å²) in [6.07, 6.45) is 0. The highest BCUT2D eigenvalue weighted by Gasteiger charge is 2.08. The number of rotatable bonds is 3. The van der Waals surface area contributed by atoms with Gasteiger partial charge in [0.05, 0.1) is 0 Å². The first-order valence-electron chi connectivity index (χ1n) is 5.17. The molecule has 0 aromatic heterocycles. The zero-order valence-electron chi connectivity index (χ0n) is 9.70. The van der Waals surface area contributed by atoms with E-state index in [-0.39, 0.29) is 17.9 Å². The predicted octanol–water partition coefficient (Wildman–Crippen LogP) is 1.18. The van der Waals surface area contributed by atoms with Crippen molar-refractivity contribution in [3.05, 3.63) is 35.4 Å². The molecule has 0 saturated carbocycles. The average Bonchev–Trinajstić information content (AvgIpc) is 2.27. The third-order valence-electron chi connectivity index (χ3n) is 2.06. The lowest BCUT2D eigenvalue weighted by Crippen LogP contribution is -2.30. The number of hydrogen-bond acceptors (Lipinski definition) is 2. The molecule has 86 valence electrons. The van der Waals surface area contributed by atoms with Crippen molar-refractivity contribution < 1.29 is 9.59 Å². The van der Waals surface area contributed by atoms with Crippen LogP contribution < -0.4 is 10.6 Å². The molecular weight excluding hydrogens is 204 g/mol. The van der Waals surface area contributed by atoms with Gasteiger partial charge in [0.2, 0.25) is 0 Å². The summed E-state index contributed by atoms with van der Waals surface area (Å²) in [5.41, 5.74) is 1.10. The molecule has 0 fully saturated rings. The van der Waals surface area contributed by atoms with Crippen LogP contribution in [0.3, 0.4) is 0 Å². The first-order valence-corrected chi connectivity index (χ1v) is 5.17. The Labute approximate surface area is 95.0 Å². The number of benzene rings is 1. The van der Waals surface area contributed by atoms with Crippen molar-refractivity contribution in [2.75, 3.05) is 7.05 Å². The van der Waals surface area contributed by atoms with Gasteiger partial charge in [-0.05, 0) is 38.1 Å². The van der Waals surface area contributed by atoms with Crippen LogP contribution >= 0.6 is 0 Å². The lowest BCUT2D eigenvalue weighted by Gasteiger charge is -2.08. The Morgan fingerprint density at radius 1 is 1.00 bits per heavy atom. The van der Waals surface area contributed by atoms with Crippen LogP contribution in [0.2, 0.25) is 0 Å². The molecule has 1 rings (SSSR count). The van der Waals surface area contributed by atoms with Crippen molar-refractivity contribution in [3.8, 4) is 0 Å². The van der Waals surface area contributed by atoms with E-state index >= 15 is 0 Å². The Morgan fingerprint density at radius 2 is 1.44 bits per heavy atom. The van der Waals surface area contributed by atoms with Crippen LogP contribution in [0.5, 0.6) is 0 Å². The Morgan fingerprint density at radius 3 is 1.81 bits per heavy atom. The van der Waals surface area contributed by atoms with Crippen molar-refractivity contribution >= 4 is 11.8 Å². The van der Waals surface area contributed by atoms with E-state index in [9.17, 15) is 9.59 Å². The first kappa shape index (κ1) is 12.2. The molecule has 4 heteroatoms. The number of nitrogens with one attached hydrogen (secondary N) is 2. The lowest BCUT2D eigenvalue weighted by atomic mass is 10.1. The second kappa shape index (κ2) is 5.30. The van der Waals surface area contributed by atoms with Gasteiger partial charge in [-0.1, -0.05) is 0 Å². The van der Waals surface area contributed by atoms with Crippen molar-refractivity contribution in [2.45, 2.75) is 19.9 Å². The van der Waals surface area contributed by atoms with Gasteiger partial charge in [0.1, 0.15) is 0 Å². The van der Waals surface area contributed by atoms with E-state index in [1.54, 1.807) is 31.3 Å². The van der Waals surface area contributed by atoms with E-state index in [2.05, 4.69) is 10.6 Å². The van der Waals surface area contributed by atoms with Gasteiger partial charge in [-0.15, -0.1) is 0 Å². The Kier molecular flexibility index (Phi) is 4.05. The summed E-state index contributed by atoms with van der Waals surface area (Å²) in [5.74, 6) is -0.283. The predicted molar refractivity (Wildman–Crippen MR) is 62.4 cm³/mol. The maximum absolute atomic E-state index is 11.6. The van der Waals surface area contributed by atoms with Crippen LogP contribution in [0.15, 0.2) is 24.3 Å². The Bertz CT molecular complexity index is 383. The molecule has 0 aliphatic carbocycles. The number of hydrogen-bond donors (Lipinski definition) is 2. The number of amides is 2. The zero-order valence-corrected chi connectivity index (χ0v) is 9.70. The van der Waals surface area contributed by atoms with E-state index in [1.807, 2.05) is 13.8 Å². The number of carbonyl (C=O) groups is 2. The fourth-order valence-electron chi connectivity index (χ4n) is 1.26. The molecule has 1 aromatic rings. The molecule has 0 unspecified atom stereocenters. The van der Waals surface area contributed by atoms with E-state index in [1.165, 1.54) is 0 Å². The summed E-state index contributed by atoms with van der Waals surface area (Å²) in [6.45, 7) is 3.80. The largest absolute Gasteiger partial charge is 0.355 e. The second-order valence-electron chi connectivity index (χ2n) is 3.78. The van der Waals surface area contributed by atoms with Crippen molar-refractivity contribution in [2.24, 2.45) is 0 Å². The van der Waals surface area contributed by atoms with E-state index in [0.29, 0.717) is 11.1 Å². The molecule has 2 N–H and O–H groups in total. The maximum atomic E-state index is 11.6. The topological polar surface area (TPSA) is 58.2 Å². The molecule has 0 saturated heterocycles. The Hall–Kier alpha value is -1.84. The van der Waals surface area contributed by atoms with E-state index in [0.717, 1.165) is 0 Å². The minimum Gasteiger partial charge on any atom is -0.355 e. The second-order valence-corrected chi connectivity index (χ2v) is 3.78. The average molecular weight is 220 g/mol. The molecule has 0 aliphatic rings. The minimum atomic E-state index is -0.157. The molecule has 4 nitrogen and oxygen atoms in total. The molecular formula is C12H16N2O2. The summed E-state index contributed by atoms with van der Waals surface area (Å²) in [7, 11) is 1.57. The van der Waals surface area contributed by atoms with Crippen LogP contribution in [-0.2, 0) is 0 Å². The quantitative estimate of drug-likeness (QED) is 0.803. The SMILES string of the molecule is CNC(=O)c1ccc(C(=O)NC(C)C)cc1. The summed E-state index contributed by atoms with van der Waals surface area (Å²) in [6, 6.07) is 6.65. The molecule has 2 amide bonds. The van der Waals surface area contributed by atoms with Gasteiger partial charge in [0, 0.05) is 24.2 Å². The van der Waals surface area contributed by atoms with Crippen LogP contribution in [0, 0.1) is 0 Å². The molecule has 0 radical (unpaired) electrons. The number of carbonyl (C=O) groups excluding carboxylic acids is 2. The highest BCUT2D eigenvalue weighted by atomic mass is 16.2. The van der Waals surface area contributed by atoms with Crippen molar-refractivity contribution in [1.82, 2.24) is 10.6 Å². The molecule has 0 bridgehead atoms. The highest BCUT2D eigenvalue weighted by Crippen LogP contribution is 2.04. The van der Waals surface area contributed by atoms with Crippen LogP contribution in [-0.4, -0.2) is 24.9 Å². The summed E-state index contributed by atoms with van der Waals surface area (Å²) >= 11 is 0. The summed E-state index contributed by atoms with van der Waals surface area (Å²) < 4.78 is 0. The van der Waals surface area contributed by atoms with Crippen LogP contribution in [0.4, 0.5) is 0 Å². The Balaban J connectivity index is 2.78. The van der Waals surface area contributed by atoms with Gasteiger partial charge in [-0.25, -0.2) is 0 Å². The normalized spacial score (nSPS) is 10.0. The minimum absolute atomic E-state index is 0.103. The van der Waals surface area contributed by atoms with Gasteiger partial charge >= 0.3 is 0 Å². The van der Waals surface area contributed by atoms with E-state index in [4.69, 9.17) is 0 Å². The fourth-order valence-corrected chi connectivity index (χ4v) is 1.26. The smallest absolute Gasteiger partial charge is 0.251 e. The zero-order chi connectivity index (χ0) is 12.1. The molecule has 16 heavy (non-hydrogen) atoms. The molecule has 1 aromatic carbocycles. The maximum Gasteiger partial charge on any atom is 0.251 e. The van der Waals surface area contributed by atoms with E-state index < -0.39 is 0 Å². The fraction of sp³-hybridized carbons (Fsp3) is 0.333. The molecule has 0 atom stereocenters. The van der Waals surface area contributed by atoms with Gasteiger partial charge < -0.3 is 10.6 Å². The van der Waals surface area contributed by atoms with Gasteiger partial charge in [0.15, 0.2) is 0 Å². The van der Waals surface area contributed by atoms with Gasteiger partial charge in [-0.3, -0.25) is 9.59 Å². The standard InChI is InChI=1S/C12H16N2O2/c1-8(2)14-12(16)10-6-4-9(5-7-10)11(15)13-3/h4-8H,1-3H3,(H,13,15)(H,14,16). The van der Waals surface area contributed by atoms with Crippen molar-refractivity contribution in [1.29, 1.82) is 0 Å². The van der Waals surface area contributed by atoms with Crippen LogP contribution in [0.25, 0.3) is 0 Å². The lowest BCUT2D eigenvalue weighted by molar-refractivity contribution is 0.0937. The van der Waals surface area contributed by atoms with Crippen LogP contribution in [0.1, 0.15) is 34.6 Å². The van der Waals surface area contributed by atoms with Gasteiger partial charge in [0.25, 0.3) is 11.8 Å². The molecule has 0 heterocycles. The highest BCUT2D eigenvalue weighted by molar-refractivity contribution is 5.97. The monoisotopic (exact) mass is 220 g/mol.